The van der Waals surface area contributed by atoms with Gasteiger partial charge in [-0.2, -0.15) is 5.10 Å². The second-order valence-corrected chi connectivity index (χ2v) is 8.44. The molecule has 1 aliphatic rings. The van der Waals surface area contributed by atoms with Crippen LogP contribution in [0.2, 0.25) is 5.02 Å². The highest BCUT2D eigenvalue weighted by Gasteiger charge is 2.31. The largest absolute Gasteiger partial charge is 0.449 e. The summed E-state index contributed by atoms with van der Waals surface area (Å²) in [5.74, 6) is -0.0926. The van der Waals surface area contributed by atoms with E-state index in [0.29, 0.717) is 48.0 Å². The van der Waals surface area contributed by atoms with E-state index in [1.165, 1.54) is 0 Å². The third-order valence-corrected chi connectivity index (χ3v) is 5.90. The van der Waals surface area contributed by atoms with Gasteiger partial charge in [0.15, 0.2) is 0 Å². The number of hydrogen-bond acceptors (Lipinski definition) is 5. The molecule has 1 fully saturated rings. The second-order valence-electron chi connectivity index (χ2n) is 8.03. The van der Waals surface area contributed by atoms with Crippen LogP contribution in [-0.2, 0) is 11.8 Å². The van der Waals surface area contributed by atoms with Crippen LogP contribution in [0.1, 0.15) is 30.6 Å². The molecule has 1 aromatic carbocycles. The molecule has 0 spiro atoms. The monoisotopic (exact) mass is 455 g/mol. The maximum Gasteiger partial charge on any atom is 0.410 e. The minimum atomic E-state index is -0.320. The first kappa shape index (κ1) is 22.1. The fraction of sp³-hybridized carbons (Fsp3) is 0.391. The summed E-state index contributed by atoms with van der Waals surface area (Å²) in [6, 6.07) is 7.06. The van der Waals surface area contributed by atoms with Crippen molar-refractivity contribution in [2.24, 2.45) is 7.05 Å². The van der Waals surface area contributed by atoms with Crippen molar-refractivity contribution in [3.05, 3.63) is 47.2 Å². The van der Waals surface area contributed by atoms with Crippen LogP contribution < -0.4 is 0 Å². The molecular formula is C23H26ClN5O3. The average Bonchev–Trinajstić information content (AvgIpc) is 3.22. The Morgan fingerprint density at radius 3 is 2.75 bits per heavy atom. The number of fused-ring (bicyclic) bond motifs is 1. The Bertz CT molecular complexity index is 1160. The number of carbonyl (C=O) groups excluding carboxylic acids is 2. The maximum absolute atomic E-state index is 13.2. The number of aromatic nitrogens is 3. The number of halogens is 1. The number of nitrogens with zero attached hydrogens (tertiary/aromatic N) is 5. The van der Waals surface area contributed by atoms with Gasteiger partial charge in [0.2, 0.25) is 0 Å². The number of piperazine rings is 1. The molecule has 0 bridgehead atoms. The minimum absolute atomic E-state index is 0.0926. The van der Waals surface area contributed by atoms with Crippen molar-refractivity contribution in [2.45, 2.75) is 26.3 Å². The van der Waals surface area contributed by atoms with Gasteiger partial charge in [-0.15, -0.1) is 0 Å². The molecule has 1 saturated heterocycles. The quantitative estimate of drug-likeness (QED) is 0.594. The summed E-state index contributed by atoms with van der Waals surface area (Å²) >= 11 is 6.49. The number of hydrogen-bond donors (Lipinski definition) is 0. The summed E-state index contributed by atoms with van der Waals surface area (Å²) in [5.41, 5.74) is 2.75. The molecule has 32 heavy (non-hydrogen) atoms. The molecule has 0 aliphatic carbocycles. The summed E-state index contributed by atoms with van der Waals surface area (Å²) in [7, 11) is 1.84. The zero-order valence-corrected chi connectivity index (χ0v) is 19.2. The normalized spacial score (nSPS) is 16.4. The Kier molecular flexibility index (Phi) is 6.32. The number of rotatable bonds is 4. The van der Waals surface area contributed by atoms with Crippen LogP contribution in [0.15, 0.2) is 36.7 Å². The van der Waals surface area contributed by atoms with E-state index in [1.807, 2.05) is 33.2 Å². The van der Waals surface area contributed by atoms with Crippen LogP contribution in [0.3, 0.4) is 0 Å². The molecule has 1 aliphatic heterocycles. The standard InChI is InChI=1S/C23H26ClN5O3/c1-4-9-32-23(31)29-8-7-28(13-15(29)2)22(30)16-5-6-18-19(24)11-20(26-21(18)10-16)17-12-25-27(3)14-17/h5-6,10-12,14-15H,4,7-9,13H2,1-3H3/t15-/m1/s1. The lowest BCUT2D eigenvalue weighted by atomic mass is 10.1. The Balaban J connectivity index is 1.54. The van der Waals surface area contributed by atoms with E-state index in [1.54, 1.807) is 38.9 Å². The van der Waals surface area contributed by atoms with Crippen LogP contribution in [0, 0.1) is 0 Å². The summed E-state index contributed by atoms with van der Waals surface area (Å²) in [6.07, 6.45) is 4.05. The topological polar surface area (TPSA) is 80.6 Å². The van der Waals surface area contributed by atoms with Gasteiger partial charge in [0.1, 0.15) is 0 Å². The van der Waals surface area contributed by atoms with Crippen LogP contribution in [0.5, 0.6) is 0 Å². The van der Waals surface area contributed by atoms with Crippen LogP contribution in [0.4, 0.5) is 4.79 Å². The Morgan fingerprint density at radius 1 is 1.25 bits per heavy atom. The van der Waals surface area contributed by atoms with Crippen molar-refractivity contribution in [1.82, 2.24) is 24.6 Å². The van der Waals surface area contributed by atoms with E-state index >= 15 is 0 Å². The zero-order chi connectivity index (χ0) is 22.8. The van der Waals surface area contributed by atoms with Gasteiger partial charge in [0, 0.05) is 55.4 Å². The molecule has 9 heteroatoms. The van der Waals surface area contributed by atoms with Crippen molar-refractivity contribution in [1.29, 1.82) is 0 Å². The Morgan fingerprint density at radius 2 is 2.06 bits per heavy atom. The maximum atomic E-state index is 13.2. The van der Waals surface area contributed by atoms with Crippen LogP contribution >= 0.6 is 11.6 Å². The van der Waals surface area contributed by atoms with E-state index in [2.05, 4.69) is 5.10 Å². The number of ether oxygens (including phenoxy) is 1. The lowest BCUT2D eigenvalue weighted by Gasteiger charge is -2.39. The zero-order valence-electron chi connectivity index (χ0n) is 18.4. The van der Waals surface area contributed by atoms with Crippen molar-refractivity contribution in [3.8, 4) is 11.3 Å². The third kappa shape index (κ3) is 4.41. The van der Waals surface area contributed by atoms with Gasteiger partial charge in [0.05, 0.1) is 29.0 Å². The van der Waals surface area contributed by atoms with Gasteiger partial charge in [-0.05, 0) is 31.5 Å². The number of amides is 2. The lowest BCUT2D eigenvalue weighted by molar-refractivity contribution is 0.0412. The fourth-order valence-electron chi connectivity index (χ4n) is 3.89. The van der Waals surface area contributed by atoms with Crippen molar-refractivity contribution >= 4 is 34.5 Å². The molecule has 1 atom stereocenters. The van der Waals surface area contributed by atoms with Crippen molar-refractivity contribution in [2.75, 3.05) is 26.2 Å². The van der Waals surface area contributed by atoms with E-state index in [9.17, 15) is 9.59 Å². The first-order valence-corrected chi connectivity index (χ1v) is 11.1. The van der Waals surface area contributed by atoms with E-state index in [0.717, 1.165) is 17.4 Å². The summed E-state index contributed by atoms with van der Waals surface area (Å²) in [5, 5.41) is 5.54. The molecule has 0 N–H and O–H groups in total. The molecule has 3 heterocycles. The number of pyridine rings is 1. The lowest BCUT2D eigenvalue weighted by Crippen LogP contribution is -2.55. The van der Waals surface area contributed by atoms with E-state index < -0.39 is 0 Å². The van der Waals surface area contributed by atoms with Gasteiger partial charge >= 0.3 is 6.09 Å². The summed E-state index contributed by atoms with van der Waals surface area (Å²) in [6.45, 7) is 5.62. The molecular weight excluding hydrogens is 430 g/mol. The fourth-order valence-corrected chi connectivity index (χ4v) is 4.15. The molecule has 0 unspecified atom stereocenters. The van der Waals surface area contributed by atoms with Gasteiger partial charge in [-0.25, -0.2) is 9.78 Å². The predicted octanol–water partition coefficient (Wildman–Crippen LogP) is 3.98. The average molecular weight is 456 g/mol. The number of carbonyl (C=O) groups is 2. The van der Waals surface area contributed by atoms with Gasteiger partial charge in [0.25, 0.3) is 5.91 Å². The van der Waals surface area contributed by atoms with E-state index in [4.69, 9.17) is 21.3 Å². The Hall–Kier alpha value is -3.13. The number of aryl methyl sites for hydroxylation is 1. The highest BCUT2D eigenvalue weighted by molar-refractivity contribution is 6.35. The van der Waals surface area contributed by atoms with Crippen LogP contribution in [-0.4, -0.2) is 68.8 Å². The molecule has 4 rings (SSSR count). The SMILES string of the molecule is CCCOC(=O)N1CCN(C(=O)c2ccc3c(Cl)cc(-c4cnn(C)c4)nc3c2)C[C@H]1C. The third-order valence-electron chi connectivity index (χ3n) is 5.59. The van der Waals surface area contributed by atoms with Crippen LogP contribution in [0.25, 0.3) is 22.2 Å². The van der Waals surface area contributed by atoms with E-state index in [-0.39, 0.29) is 18.0 Å². The molecule has 2 aromatic heterocycles. The first-order valence-electron chi connectivity index (χ1n) is 10.7. The Labute approximate surface area is 191 Å². The molecule has 168 valence electrons. The molecule has 2 amide bonds. The van der Waals surface area contributed by atoms with Gasteiger partial charge in [-0.1, -0.05) is 24.6 Å². The second kappa shape index (κ2) is 9.16. The summed E-state index contributed by atoms with van der Waals surface area (Å²) < 4.78 is 6.95. The molecule has 0 saturated carbocycles. The molecule has 8 nitrogen and oxygen atoms in total. The first-order chi connectivity index (χ1) is 15.4. The highest BCUT2D eigenvalue weighted by Crippen LogP contribution is 2.29. The highest BCUT2D eigenvalue weighted by atomic mass is 35.5. The van der Waals surface area contributed by atoms with Crippen molar-refractivity contribution in [3.63, 3.8) is 0 Å². The summed E-state index contributed by atoms with van der Waals surface area (Å²) in [4.78, 5) is 33.6. The van der Waals surface area contributed by atoms with Gasteiger partial charge in [-0.3, -0.25) is 9.48 Å². The minimum Gasteiger partial charge on any atom is -0.449 e. The predicted molar refractivity (Wildman–Crippen MR) is 123 cm³/mol. The molecule has 3 aromatic rings. The van der Waals surface area contributed by atoms with Crippen molar-refractivity contribution < 1.29 is 14.3 Å². The molecule has 0 radical (unpaired) electrons. The number of benzene rings is 1. The van der Waals surface area contributed by atoms with Gasteiger partial charge < -0.3 is 14.5 Å². The smallest absolute Gasteiger partial charge is 0.410 e.